The van der Waals surface area contributed by atoms with Crippen LogP contribution in [-0.2, 0) is 4.79 Å². The monoisotopic (exact) mass is 475 g/mol. The van der Waals surface area contributed by atoms with Crippen molar-refractivity contribution in [2.75, 3.05) is 26.6 Å². The molecule has 0 heterocycles. The van der Waals surface area contributed by atoms with E-state index in [0.717, 1.165) is 6.42 Å². The molecule has 0 aliphatic heterocycles. The van der Waals surface area contributed by atoms with Crippen LogP contribution in [0, 0.1) is 5.41 Å². The van der Waals surface area contributed by atoms with Crippen LogP contribution in [0.4, 0.5) is 5.69 Å². The van der Waals surface area contributed by atoms with E-state index in [9.17, 15) is 4.79 Å². The number of methoxy groups -OCH3 is 3. The number of nitrogens with one attached hydrogen (secondary N) is 1. The lowest BCUT2D eigenvalue weighted by Crippen LogP contribution is -2.29. The van der Waals surface area contributed by atoms with E-state index in [1.54, 1.807) is 33.5 Å². The van der Waals surface area contributed by atoms with E-state index in [1.165, 1.54) is 77.0 Å². The summed E-state index contributed by atoms with van der Waals surface area (Å²) in [7, 11) is 4.70. The summed E-state index contributed by atoms with van der Waals surface area (Å²) in [6.45, 7) is 6.11. The maximum absolute atomic E-state index is 13.0. The van der Waals surface area contributed by atoms with Crippen LogP contribution in [-0.4, -0.2) is 27.2 Å². The molecule has 5 nitrogen and oxygen atoms in total. The zero-order chi connectivity index (χ0) is 25.2. The Hall–Kier alpha value is -2.17. The number of amides is 1. The lowest BCUT2D eigenvalue weighted by Gasteiger charge is -2.22. The van der Waals surface area contributed by atoms with Gasteiger partial charge < -0.3 is 19.5 Å². The minimum Gasteiger partial charge on any atom is -0.496 e. The Morgan fingerprint density at radius 2 is 1.26 bits per heavy atom. The van der Waals surface area contributed by atoms with Gasteiger partial charge in [-0.2, -0.15) is 0 Å². The van der Waals surface area contributed by atoms with Crippen molar-refractivity contribution >= 4 is 11.6 Å². The highest BCUT2D eigenvalue weighted by Crippen LogP contribution is 2.39. The molecule has 5 heteroatoms. The molecule has 0 aliphatic carbocycles. The van der Waals surface area contributed by atoms with E-state index >= 15 is 0 Å². The molecule has 1 N–H and O–H groups in total. The topological polar surface area (TPSA) is 56.8 Å². The van der Waals surface area contributed by atoms with Gasteiger partial charge in [-0.1, -0.05) is 89.7 Å². The van der Waals surface area contributed by atoms with Crippen molar-refractivity contribution in [2.45, 2.75) is 104 Å². The summed E-state index contributed by atoms with van der Waals surface area (Å²) in [6.07, 6.45) is 21.3. The van der Waals surface area contributed by atoms with E-state index < -0.39 is 5.41 Å². The van der Waals surface area contributed by atoms with Crippen molar-refractivity contribution in [3.05, 3.63) is 24.3 Å². The Bertz CT molecular complexity index is 702. The molecule has 0 bridgehead atoms. The summed E-state index contributed by atoms with van der Waals surface area (Å²) in [4.78, 5) is 13.0. The van der Waals surface area contributed by atoms with Gasteiger partial charge in [-0.15, -0.1) is 0 Å². The predicted octanol–water partition coefficient (Wildman–Crippen LogP) is 8.32. The van der Waals surface area contributed by atoms with Gasteiger partial charge in [0.1, 0.15) is 22.9 Å². The first kappa shape index (κ1) is 29.9. The molecule has 1 amide bonds. The van der Waals surface area contributed by atoms with Crippen molar-refractivity contribution in [1.29, 1.82) is 0 Å². The van der Waals surface area contributed by atoms with Gasteiger partial charge in [0.15, 0.2) is 0 Å². The van der Waals surface area contributed by atoms with E-state index in [2.05, 4.69) is 18.3 Å². The standard InChI is InChI=1S/C29H49NO4/c1-7-8-9-10-11-12-13-14-15-16-17-18-19-20-21-29(2,3)28(31)30-27-25(33-5)22-24(32-4)23-26(27)34-6/h20-23H,7-19H2,1-6H3,(H,30,31)/b21-20-. The molecule has 194 valence electrons. The third-order valence-corrected chi connectivity index (χ3v) is 6.30. The average Bonchev–Trinajstić information content (AvgIpc) is 2.84. The van der Waals surface area contributed by atoms with Crippen LogP contribution in [0.5, 0.6) is 17.2 Å². The molecule has 0 saturated carbocycles. The van der Waals surface area contributed by atoms with Crippen molar-refractivity contribution in [3.8, 4) is 17.2 Å². The fourth-order valence-corrected chi connectivity index (χ4v) is 3.96. The van der Waals surface area contributed by atoms with Gasteiger partial charge in [-0.3, -0.25) is 4.79 Å². The highest BCUT2D eigenvalue weighted by molar-refractivity contribution is 5.98. The molecule has 0 saturated heterocycles. The molecule has 0 atom stereocenters. The van der Waals surface area contributed by atoms with Crippen LogP contribution in [0.25, 0.3) is 0 Å². The minimum absolute atomic E-state index is 0.111. The largest absolute Gasteiger partial charge is 0.496 e. The summed E-state index contributed by atoms with van der Waals surface area (Å²) < 4.78 is 16.2. The number of hydrogen-bond donors (Lipinski definition) is 1. The van der Waals surface area contributed by atoms with Crippen LogP contribution < -0.4 is 19.5 Å². The maximum atomic E-state index is 13.0. The molecule has 34 heavy (non-hydrogen) atoms. The zero-order valence-electron chi connectivity index (χ0n) is 22.6. The Kier molecular flexibility index (Phi) is 15.2. The maximum Gasteiger partial charge on any atom is 0.234 e. The minimum atomic E-state index is -0.646. The van der Waals surface area contributed by atoms with Crippen LogP contribution in [0.15, 0.2) is 24.3 Å². The van der Waals surface area contributed by atoms with Crippen molar-refractivity contribution in [3.63, 3.8) is 0 Å². The number of carbonyl (C=O) groups excluding carboxylic acids is 1. The molecule has 1 aromatic carbocycles. The molecule has 0 radical (unpaired) electrons. The third kappa shape index (κ3) is 11.3. The molecule has 0 aliphatic rings. The quantitative estimate of drug-likeness (QED) is 0.161. The van der Waals surface area contributed by atoms with Gasteiger partial charge in [0.05, 0.1) is 26.7 Å². The van der Waals surface area contributed by atoms with E-state index in [1.807, 2.05) is 19.9 Å². The lowest BCUT2D eigenvalue weighted by molar-refractivity contribution is -0.121. The number of benzene rings is 1. The van der Waals surface area contributed by atoms with Gasteiger partial charge in [0, 0.05) is 12.1 Å². The third-order valence-electron chi connectivity index (χ3n) is 6.30. The molecule has 0 unspecified atom stereocenters. The SMILES string of the molecule is CCCCCCCCCCCCCC/C=C\C(C)(C)C(=O)Nc1c(OC)cc(OC)cc1OC. The van der Waals surface area contributed by atoms with Crippen LogP contribution >= 0.6 is 0 Å². The number of hydrogen-bond acceptors (Lipinski definition) is 4. The van der Waals surface area contributed by atoms with Crippen LogP contribution in [0.1, 0.15) is 104 Å². The average molecular weight is 476 g/mol. The van der Waals surface area contributed by atoms with Gasteiger partial charge in [-0.05, 0) is 26.7 Å². The predicted molar refractivity (Wildman–Crippen MR) is 143 cm³/mol. The highest BCUT2D eigenvalue weighted by atomic mass is 16.5. The smallest absolute Gasteiger partial charge is 0.234 e. The second-order valence-corrected chi connectivity index (χ2v) is 9.66. The fourth-order valence-electron chi connectivity index (χ4n) is 3.96. The first-order chi connectivity index (χ1) is 16.4. The van der Waals surface area contributed by atoms with E-state index in [-0.39, 0.29) is 5.91 Å². The summed E-state index contributed by atoms with van der Waals surface area (Å²) >= 11 is 0. The van der Waals surface area contributed by atoms with Crippen LogP contribution in [0.2, 0.25) is 0 Å². The van der Waals surface area contributed by atoms with Gasteiger partial charge >= 0.3 is 0 Å². The molecule has 0 fully saturated rings. The van der Waals surface area contributed by atoms with Crippen molar-refractivity contribution in [2.24, 2.45) is 5.41 Å². The Balaban J connectivity index is 2.35. The number of unbranched alkanes of at least 4 members (excludes halogenated alkanes) is 12. The summed E-state index contributed by atoms with van der Waals surface area (Å²) in [5.41, 5.74) is -0.134. The second-order valence-electron chi connectivity index (χ2n) is 9.66. The normalized spacial score (nSPS) is 11.6. The van der Waals surface area contributed by atoms with Crippen molar-refractivity contribution < 1.29 is 19.0 Å². The summed E-state index contributed by atoms with van der Waals surface area (Å²) in [5.74, 6) is 1.50. The summed E-state index contributed by atoms with van der Waals surface area (Å²) in [6, 6.07) is 3.46. The Morgan fingerprint density at radius 3 is 1.71 bits per heavy atom. The molecule has 1 aromatic rings. The lowest BCUT2D eigenvalue weighted by atomic mass is 9.91. The van der Waals surface area contributed by atoms with Gasteiger partial charge in [0.2, 0.25) is 5.91 Å². The molecule has 0 spiro atoms. The first-order valence-corrected chi connectivity index (χ1v) is 13.2. The number of rotatable bonds is 19. The van der Waals surface area contributed by atoms with E-state index in [0.29, 0.717) is 22.9 Å². The summed E-state index contributed by atoms with van der Waals surface area (Å²) in [5, 5.41) is 2.98. The number of ether oxygens (including phenoxy) is 3. The fraction of sp³-hybridized carbons (Fsp3) is 0.690. The Morgan fingerprint density at radius 1 is 0.794 bits per heavy atom. The van der Waals surface area contributed by atoms with Crippen molar-refractivity contribution in [1.82, 2.24) is 0 Å². The van der Waals surface area contributed by atoms with Crippen LogP contribution in [0.3, 0.4) is 0 Å². The number of allylic oxidation sites excluding steroid dienone is 1. The van der Waals surface area contributed by atoms with Gasteiger partial charge in [-0.25, -0.2) is 0 Å². The highest BCUT2D eigenvalue weighted by Gasteiger charge is 2.27. The second kappa shape index (κ2) is 17.3. The number of anilines is 1. The number of carbonyl (C=O) groups is 1. The molecular weight excluding hydrogens is 426 g/mol. The first-order valence-electron chi connectivity index (χ1n) is 13.2. The zero-order valence-corrected chi connectivity index (χ0v) is 22.6. The van der Waals surface area contributed by atoms with E-state index in [4.69, 9.17) is 14.2 Å². The van der Waals surface area contributed by atoms with Gasteiger partial charge in [0.25, 0.3) is 0 Å². The molecule has 0 aromatic heterocycles. The molecular formula is C29H49NO4. The Labute approximate surface area is 208 Å². The molecule has 1 rings (SSSR count).